The van der Waals surface area contributed by atoms with Crippen molar-refractivity contribution >= 4 is 53.0 Å². The van der Waals surface area contributed by atoms with E-state index >= 15 is 0 Å². The lowest BCUT2D eigenvalue weighted by atomic mass is 10.1. The minimum atomic E-state index is -0.506. The van der Waals surface area contributed by atoms with Gasteiger partial charge < -0.3 is 5.11 Å². The summed E-state index contributed by atoms with van der Waals surface area (Å²) in [5.41, 5.74) is 2.86. The van der Waals surface area contributed by atoms with E-state index in [0.29, 0.717) is 4.88 Å². The minimum Gasteiger partial charge on any atom is -0.493 e. The number of carbonyl (C=O) groups excluding carboxylic acids is 1. The number of para-hydroxylation sites is 1. The first-order valence-electron chi connectivity index (χ1n) is 7.65. The van der Waals surface area contributed by atoms with Gasteiger partial charge >= 0.3 is 0 Å². The van der Waals surface area contributed by atoms with Crippen molar-refractivity contribution in [2.24, 2.45) is 4.99 Å². The van der Waals surface area contributed by atoms with Gasteiger partial charge in [-0.05, 0) is 48.6 Å². The minimum absolute atomic E-state index is 0.215. The Balaban J connectivity index is 1.76. The molecule has 0 unspecified atom stereocenters. The quantitative estimate of drug-likeness (QED) is 0.630. The van der Waals surface area contributed by atoms with Gasteiger partial charge in [0.15, 0.2) is 3.95 Å². The number of aliphatic imine (C=N–C) groups is 1. The highest BCUT2D eigenvalue weighted by atomic mass is 32.1. The van der Waals surface area contributed by atoms with Gasteiger partial charge in [0.25, 0.3) is 5.91 Å². The topological polar surface area (TPSA) is 54.6 Å². The maximum absolute atomic E-state index is 13.1. The van der Waals surface area contributed by atoms with Crippen molar-refractivity contribution in [1.82, 2.24) is 4.57 Å². The second kappa shape index (κ2) is 6.44. The third-order valence-electron chi connectivity index (χ3n) is 3.95. The smallest absolute Gasteiger partial charge is 0.266 e. The Kier molecular flexibility index (Phi) is 4.10. The molecule has 1 N–H and O–H groups in total. The molecule has 2 heterocycles. The van der Waals surface area contributed by atoms with E-state index in [4.69, 9.17) is 12.2 Å². The van der Waals surface area contributed by atoms with Crippen LogP contribution in [0.15, 0.2) is 53.5 Å². The molecule has 0 saturated heterocycles. The monoisotopic (exact) mass is 382 g/mol. The van der Waals surface area contributed by atoms with Crippen LogP contribution in [-0.4, -0.2) is 21.8 Å². The van der Waals surface area contributed by atoms with Crippen LogP contribution in [0.25, 0.3) is 11.6 Å². The average Bonchev–Trinajstić information content (AvgIpc) is 3.16. The SMILES string of the molecule is O=C(c1ccc(F)cc1)n1c(O)c(/C=C2\C=Nc3ccccc32)sc1=S. The Labute approximate surface area is 157 Å². The van der Waals surface area contributed by atoms with E-state index in [2.05, 4.69) is 4.99 Å². The lowest BCUT2D eigenvalue weighted by Gasteiger charge is -2.04. The van der Waals surface area contributed by atoms with Crippen LogP contribution in [0, 0.1) is 9.77 Å². The molecular formula is C19H11FN2O2S2. The maximum atomic E-state index is 13.1. The molecule has 0 amide bonds. The summed E-state index contributed by atoms with van der Waals surface area (Å²) in [5, 5.41) is 10.5. The summed E-state index contributed by atoms with van der Waals surface area (Å²) in [4.78, 5) is 17.4. The molecule has 0 radical (unpaired) electrons. The van der Waals surface area contributed by atoms with Gasteiger partial charge in [-0.25, -0.2) is 8.96 Å². The van der Waals surface area contributed by atoms with Crippen LogP contribution in [0.5, 0.6) is 5.88 Å². The number of hydrogen-bond acceptors (Lipinski definition) is 5. The normalized spacial score (nSPS) is 14.0. The Bertz CT molecular complexity index is 1140. The van der Waals surface area contributed by atoms with Gasteiger partial charge in [-0.3, -0.25) is 9.79 Å². The zero-order chi connectivity index (χ0) is 18.3. The fourth-order valence-corrected chi connectivity index (χ4v) is 3.93. The number of hydrogen-bond donors (Lipinski definition) is 1. The van der Waals surface area contributed by atoms with Crippen LogP contribution in [0.1, 0.15) is 20.8 Å². The highest BCUT2D eigenvalue weighted by Gasteiger charge is 2.19. The molecule has 1 aliphatic rings. The van der Waals surface area contributed by atoms with Crippen molar-refractivity contribution in [1.29, 1.82) is 0 Å². The zero-order valence-corrected chi connectivity index (χ0v) is 14.9. The summed E-state index contributed by atoms with van der Waals surface area (Å²) in [6.45, 7) is 0. The van der Waals surface area contributed by atoms with E-state index < -0.39 is 11.7 Å². The van der Waals surface area contributed by atoms with Crippen LogP contribution in [0.2, 0.25) is 0 Å². The van der Waals surface area contributed by atoms with Crippen molar-refractivity contribution < 1.29 is 14.3 Å². The molecule has 1 aliphatic heterocycles. The number of allylic oxidation sites excluding steroid dienone is 1. The maximum Gasteiger partial charge on any atom is 0.266 e. The molecule has 1 aromatic heterocycles. The lowest BCUT2D eigenvalue weighted by Crippen LogP contribution is -2.11. The van der Waals surface area contributed by atoms with Gasteiger partial charge in [-0.15, -0.1) is 11.3 Å². The third-order valence-corrected chi connectivity index (χ3v) is 5.26. The summed E-state index contributed by atoms with van der Waals surface area (Å²) >= 11 is 6.37. The van der Waals surface area contributed by atoms with Crippen LogP contribution < -0.4 is 0 Å². The van der Waals surface area contributed by atoms with Crippen molar-refractivity contribution in [3.05, 3.63) is 74.3 Å². The number of carbonyl (C=O) groups is 1. The molecule has 26 heavy (non-hydrogen) atoms. The molecule has 128 valence electrons. The van der Waals surface area contributed by atoms with E-state index in [-0.39, 0.29) is 15.4 Å². The fraction of sp³-hybridized carbons (Fsp3) is 0. The first kappa shape index (κ1) is 16.6. The Morgan fingerprint density at radius 1 is 1.19 bits per heavy atom. The van der Waals surface area contributed by atoms with E-state index in [1.54, 1.807) is 12.3 Å². The summed E-state index contributed by atoms with van der Waals surface area (Å²) in [5.74, 6) is -1.18. The summed E-state index contributed by atoms with van der Waals surface area (Å²) < 4.78 is 14.3. The van der Waals surface area contributed by atoms with E-state index in [1.807, 2.05) is 24.3 Å². The Morgan fingerprint density at radius 3 is 2.69 bits per heavy atom. The van der Waals surface area contributed by atoms with Crippen LogP contribution in [0.3, 0.4) is 0 Å². The molecule has 0 saturated carbocycles. The highest BCUT2D eigenvalue weighted by molar-refractivity contribution is 7.73. The molecule has 0 aliphatic carbocycles. The number of aromatic nitrogens is 1. The molecule has 0 fully saturated rings. The first-order valence-corrected chi connectivity index (χ1v) is 8.87. The fourth-order valence-electron chi connectivity index (χ4n) is 2.67. The zero-order valence-electron chi connectivity index (χ0n) is 13.2. The number of thiazole rings is 1. The number of benzene rings is 2. The van der Waals surface area contributed by atoms with Crippen LogP contribution in [-0.2, 0) is 0 Å². The third kappa shape index (κ3) is 2.81. The standard InChI is InChI=1S/C19H11FN2O2S2/c20-13-7-5-11(6-8-13)17(23)22-18(24)16(26-19(22)25)9-12-10-21-15-4-2-1-3-14(12)15/h1-10,24H/b12-9+. The van der Waals surface area contributed by atoms with Crippen molar-refractivity contribution in [3.8, 4) is 5.88 Å². The molecular weight excluding hydrogens is 371 g/mol. The van der Waals surface area contributed by atoms with Gasteiger partial charge in [-0.2, -0.15) is 0 Å². The van der Waals surface area contributed by atoms with Crippen LogP contribution >= 0.6 is 23.6 Å². The predicted molar refractivity (Wildman–Crippen MR) is 103 cm³/mol. The second-order valence-electron chi connectivity index (χ2n) is 5.58. The number of aromatic hydroxyl groups is 1. The van der Waals surface area contributed by atoms with Crippen molar-refractivity contribution in [2.45, 2.75) is 0 Å². The highest BCUT2D eigenvalue weighted by Crippen LogP contribution is 2.35. The van der Waals surface area contributed by atoms with E-state index in [9.17, 15) is 14.3 Å². The predicted octanol–water partition coefficient (Wildman–Crippen LogP) is 5.07. The lowest BCUT2D eigenvalue weighted by molar-refractivity contribution is 0.0950. The average molecular weight is 382 g/mol. The summed E-state index contributed by atoms with van der Waals surface area (Å²) in [6, 6.07) is 12.7. The second-order valence-corrected chi connectivity index (χ2v) is 7.25. The van der Waals surface area contributed by atoms with E-state index in [0.717, 1.165) is 32.7 Å². The molecule has 4 rings (SSSR count). The van der Waals surface area contributed by atoms with E-state index in [1.165, 1.54) is 24.3 Å². The van der Waals surface area contributed by atoms with Crippen molar-refractivity contribution in [2.75, 3.05) is 0 Å². The Morgan fingerprint density at radius 2 is 1.92 bits per heavy atom. The summed E-state index contributed by atoms with van der Waals surface area (Å²) in [7, 11) is 0. The largest absolute Gasteiger partial charge is 0.493 e. The van der Waals surface area contributed by atoms with Gasteiger partial charge in [0.2, 0.25) is 5.88 Å². The molecule has 4 nitrogen and oxygen atoms in total. The van der Waals surface area contributed by atoms with Gasteiger partial charge in [0.1, 0.15) is 5.82 Å². The Hall–Kier alpha value is -2.90. The molecule has 0 spiro atoms. The molecule has 0 atom stereocenters. The van der Waals surface area contributed by atoms with Gasteiger partial charge in [0, 0.05) is 22.9 Å². The number of halogens is 1. The number of rotatable bonds is 2. The molecule has 7 heteroatoms. The van der Waals surface area contributed by atoms with Gasteiger partial charge in [-0.1, -0.05) is 18.2 Å². The van der Waals surface area contributed by atoms with Gasteiger partial charge in [0.05, 0.1) is 10.6 Å². The van der Waals surface area contributed by atoms with Crippen molar-refractivity contribution in [3.63, 3.8) is 0 Å². The molecule has 0 bridgehead atoms. The number of nitrogens with zero attached hydrogens (tertiary/aromatic N) is 2. The molecule has 3 aromatic rings. The summed E-state index contributed by atoms with van der Waals surface area (Å²) in [6.07, 6.45) is 3.46. The number of fused-ring (bicyclic) bond motifs is 1. The molecule has 2 aromatic carbocycles. The van der Waals surface area contributed by atoms with Crippen LogP contribution in [0.4, 0.5) is 10.1 Å². The first-order chi connectivity index (χ1) is 12.5.